The zero-order chi connectivity index (χ0) is 29.7. The van der Waals surface area contributed by atoms with Gasteiger partial charge < -0.3 is 0 Å². The molecule has 8 rings (SSSR count). The Morgan fingerprint density at radius 1 is 0.860 bits per heavy atom. The molecule has 3 aliphatic carbocycles. The van der Waals surface area contributed by atoms with Crippen molar-refractivity contribution in [3.05, 3.63) is 141 Å². The molecule has 1 saturated heterocycles. The van der Waals surface area contributed by atoms with E-state index in [1.54, 1.807) is 6.21 Å². The Balaban J connectivity index is 1.30. The summed E-state index contributed by atoms with van der Waals surface area (Å²) in [5, 5.41) is 15.7. The molecule has 4 aromatic rings. The number of imide groups is 1. The zero-order valence-corrected chi connectivity index (χ0v) is 22.9. The molecule has 9 nitrogen and oxygen atoms in total. The van der Waals surface area contributed by atoms with Crippen molar-refractivity contribution in [1.29, 1.82) is 0 Å². The SMILES string of the molecule is O=C(CCc1ccccc1)N/N=C\C12c3ccccc3C(c3ccccc31)[C@H]1C(=O)N(c3ccc([N+](=O)[O-])cc3)C(=O)[C@@H]12. The third-order valence-corrected chi connectivity index (χ3v) is 8.94. The summed E-state index contributed by atoms with van der Waals surface area (Å²) in [6.45, 7) is 0. The molecular formula is C34H26N4O5. The number of nitro groups is 1. The van der Waals surface area contributed by atoms with Crippen molar-refractivity contribution in [3.8, 4) is 0 Å². The van der Waals surface area contributed by atoms with Crippen molar-refractivity contribution in [2.24, 2.45) is 16.9 Å². The molecule has 2 bridgehead atoms. The lowest BCUT2D eigenvalue weighted by atomic mass is 9.47. The van der Waals surface area contributed by atoms with E-state index in [2.05, 4.69) is 10.5 Å². The molecule has 0 saturated carbocycles. The maximum Gasteiger partial charge on any atom is 0.269 e. The lowest BCUT2D eigenvalue weighted by Gasteiger charge is -2.52. The number of aryl methyl sites for hydroxylation is 1. The van der Waals surface area contributed by atoms with Crippen LogP contribution in [0.3, 0.4) is 0 Å². The number of carbonyl (C=O) groups is 3. The smallest absolute Gasteiger partial charge is 0.269 e. The number of anilines is 1. The summed E-state index contributed by atoms with van der Waals surface area (Å²) in [4.78, 5) is 53.2. The molecule has 4 aliphatic rings. The van der Waals surface area contributed by atoms with E-state index in [4.69, 9.17) is 0 Å². The van der Waals surface area contributed by atoms with E-state index in [0.717, 1.165) is 32.7 Å². The summed E-state index contributed by atoms with van der Waals surface area (Å²) < 4.78 is 0. The average molecular weight is 571 g/mol. The third-order valence-electron chi connectivity index (χ3n) is 8.94. The molecular weight excluding hydrogens is 544 g/mol. The second-order valence-electron chi connectivity index (χ2n) is 11.1. The van der Waals surface area contributed by atoms with Gasteiger partial charge in [-0.25, -0.2) is 10.3 Å². The Morgan fingerprint density at radius 3 is 2.09 bits per heavy atom. The first-order valence-corrected chi connectivity index (χ1v) is 14.1. The van der Waals surface area contributed by atoms with Crippen LogP contribution in [0, 0.1) is 22.0 Å². The molecule has 0 radical (unpaired) electrons. The van der Waals surface area contributed by atoms with Gasteiger partial charge in [0.2, 0.25) is 17.7 Å². The van der Waals surface area contributed by atoms with Gasteiger partial charge in [0, 0.05) is 30.7 Å². The second-order valence-corrected chi connectivity index (χ2v) is 11.1. The van der Waals surface area contributed by atoms with Crippen LogP contribution < -0.4 is 10.3 Å². The molecule has 0 unspecified atom stereocenters. The fourth-order valence-electron chi connectivity index (χ4n) is 7.19. The monoisotopic (exact) mass is 570 g/mol. The first-order valence-electron chi connectivity index (χ1n) is 14.1. The third kappa shape index (κ3) is 3.99. The Labute approximate surface area is 247 Å². The number of hydrogen-bond acceptors (Lipinski definition) is 6. The van der Waals surface area contributed by atoms with Crippen LogP contribution in [0.2, 0.25) is 0 Å². The van der Waals surface area contributed by atoms with Gasteiger partial charge in [0.15, 0.2) is 0 Å². The van der Waals surface area contributed by atoms with Gasteiger partial charge in [0.1, 0.15) is 0 Å². The zero-order valence-electron chi connectivity index (χ0n) is 22.9. The Morgan fingerprint density at radius 2 is 1.47 bits per heavy atom. The van der Waals surface area contributed by atoms with Gasteiger partial charge in [-0.15, -0.1) is 0 Å². The number of non-ortho nitro benzene ring substituents is 1. The lowest BCUT2D eigenvalue weighted by Crippen LogP contribution is -2.54. The fraction of sp³-hybridized carbons (Fsp3) is 0.176. The number of benzene rings is 4. The van der Waals surface area contributed by atoms with E-state index in [0.29, 0.717) is 6.42 Å². The predicted octanol–water partition coefficient (Wildman–Crippen LogP) is 4.88. The van der Waals surface area contributed by atoms with Crippen LogP contribution in [0.25, 0.3) is 0 Å². The highest BCUT2D eigenvalue weighted by Gasteiger charge is 2.68. The van der Waals surface area contributed by atoms with Crippen molar-refractivity contribution >= 4 is 35.3 Å². The van der Waals surface area contributed by atoms with E-state index in [9.17, 15) is 24.5 Å². The van der Waals surface area contributed by atoms with Crippen LogP contribution >= 0.6 is 0 Å². The van der Waals surface area contributed by atoms with Crippen LogP contribution in [-0.4, -0.2) is 28.9 Å². The van der Waals surface area contributed by atoms with Crippen LogP contribution in [0.4, 0.5) is 11.4 Å². The summed E-state index contributed by atoms with van der Waals surface area (Å²) in [6.07, 6.45) is 2.42. The number of carbonyl (C=O) groups excluding carboxylic acids is 3. The predicted molar refractivity (Wildman–Crippen MR) is 159 cm³/mol. The Bertz CT molecular complexity index is 1770. The summed E-state index contributed by atoms with van der Waals surface area (Å²) in [6, 6.07) is 30.7. The molecule has 212 valence electrons. The van der Waals surface area contributed by atoms with Crippen molar-refractivity contribution in [2.45, 2.75) is 24.2 Å². The molecule has 3 amide bonds. The molecule has 4 aromatic carbocycles. The van der Waals surface area contributed by atoms with Crippen LogP contribution in [0.5, 0.6) is 0 Å². The Hall–Kier alpha value is -5.44. The largest absolute Gasteiger partial charge is 0.274 e. The van der Waals surface area contributed by atoms with Gasteiger partial charge in [-0.2, -0.15) is 5.10 Å². The number of hydrazone groups is 1. The quantitative estimate of drug-likeness (QED) is 0.147. The molecule has 0 spiro atoms. The van der Waals surface area contributed by atoms with Crippen LogP contribution in [0.15, 0.2) is 108 Å². The molecule has 1 aliphatic heterocycles. The average Bonchev–Trinajstić information content (AvgIpc) is 3.31. The molecule has 9 heteroatoms. The number of nitro benzene ring substituents is 1. The van der Waals surface area contributed by atoms with E-state index in [-0.39, 0.29) is 35.5 Å². The first kappa shape index (κ1) is 26.5. The molecule has 43 heavy (non-hydrogen) atoms. The summed E-state index contributed by atoms with van der Waals surface area (Å²) >= 11 is 0. The molecule has 1 heterocycles. The second kappa shape index (κ2) is 10.1. The number of amides is 3. The first-order chi connectivity index (χ1) is 20.9. The highest BCUT2D eigenvalue weighted by atomic mass is 16.6. The van der Waals surface area contributed by atoms with Crippen molar-refractivity contribution in [2.75, 3.05) is 4.90 Å². The van der Waals surface area contributed by atoms with Gasteiger partial charge >= 0.3 is 0 Å². The number of nitrogens with one attached hydrogen (secondary N) is 1. The molecule has 1 fully saturated rings. The van der Waals surface area contributed by atoms with Crippen LogP contribution in [-0.2, 0) is 26.2 Å². The van der Waals surface area contributed by atoms with Gasteiger partial charge in [0.25, 0.3) is 5.69 Å². The number of rotatable bonds is 7. The van der Waals surface area contributed by atoms with Crippen LogP contribution in [0.1, 0.15) is 40.2 Å². The van der Waals surface area contributed by atoms with Crippen molar-refractivity contribution in [1.82, 2.24) is 5.43 Å². The number of nitrogens with zero attached hydrogens (tertiary/aromatic N) is 3. The maximum absolute atomic E-state index is 14.4. The van der Waals surface area contributed by atoms with E-state index < -0.39 is 28.1 Å². The van der Waals surface area contributed by atoms with Crippen molar-refractivity contribution < 1.29 is 19.3 Å². The minimum Gasteiger partial charge on any atom is -0.274 e. The highest BCUT2D eigenvalue weighted by Crippen LogP contribution is 2.63. The topological polar surface area (TPSA) is 122 Å². The summed E-state index contributed by atoms with van der Waals surface area (Å²) in [7, 11) is 0. The minimum atomic E-state index is -1.12. The van der Waals surface area contributed by atoms with E-state index in [1.165, 1.54) is 24.3 Å². The molecule has 1 N–H and O–H groups in total. The summed E-state index contributed by atoms with van der Waals surface area (Å²) in [5.41, 5.74) is 6.35. The normalized spacial score (nSPS) is 23.2. The van der Waals surface area contributed by atoms with Gasteiger partial charge in [-0.05, 0) is 46.4 Å². The van der Waals surface area contributed by atoms with Gasteiger partial charge in [-0.3, -0.25) is 24.5 Å². The number of hydrogen-bond donors (Lipinski definition) is 1. The fourth-order valence-corrected chi connectivity index (χ4v) is 7.19. The minimum absolute atomic E-state index is 0.133. The maximum atomic E-state index is 14.4. The van der Waals surface area contributed by atoms with Crippen molar-refractivity contribution in [3.63, 3.8) is 0 Å². The standard InChI is InChI=1S/C34H26N4O5/c39-28(19-14-21-8-2-1-3-9-21)36-35-20-34-26-12-6-4-10-24(26)29(25-11-5-7-13-27(25)34)30-31(34)33(41)37(32(30)40)22-15-17-23(18-16-22)38(42)43/h1-13,15-18,20,29-31H,14,19H2,(H,36,39)/b35-20-/t29?,30-,31-,34?/m1/s1. The molecule has 0 aromatic heterocycles. The van der Waals surface area contributed by atoms with E-state index >= 15 is 0 Å². The van der Waals surface area contributed by atoms with E-state index in [1.807, 2.05) is 78.9 Å². The van der Waals surface area contributed by atoms with Gasteiger partial charge in [-0.1, -0.05) is 78.9 Å². The van der Waals surface area contributed by atoms with Gasteiger partial charge in [0.05, 0.1) is 27.9 Å². The Kier molecular flexibility index (Phi) is 6.23. The molecule has 2 atom stereocenters. The lowest BCUT2D eigenvalue weighted by molar-refractivity contribution is -0.384. The highest BCUT2D eigenvalue weighted by molar-refractivity contribution is 6.25. The summed E-state index contributed by atoms with van der Waals surface area (Å²) in [5.74, 6) is -2.92.